The van der Waals surface area contributed by atoms with Crippen LogP contribution in [0.15, 0.2) is 30.3 Å². The summed E-state index contributed by atoms with van der Waals surface area (Å²) in [5, 5.41) is 4.59. The molecule has 9 heteroatoms. The van der Waals surface area contributed by atoms with Crippen molar-refractivity contribution in [1.29, 1.82) is 0 Å². The van der Waals surface area contributed by atoms with E-state index < -0.39 is 17.2 Å². The highest BCUT2D eigenvalue weighted by molar-refractivity contribution is 5.97. The largest absolute Gasteiger partial charge is 0.496 e. The van der Waals surface area contributed by atoms with E-state index in [0.717, 1.165) is 18.1 Å². The summed E-state index contributed by atoms with van der Waals surface area (Å²) in [5.41, 5.74) is 2.32. The molecule has 0 spiro atoms. The first-order valence-corrected chi connectivity index (χ1v) is 12.7. The zero-order chi connectivity index (χ0) is 27.5. The lowest BCUT2D eigenvalue weighted by Gasteiger charge is -2.31. The second kappa shape index (κ2) is 9.22. The number of Topliss-reactive ketones (excluding diaryl/α,β-unsaturated/α-hetero) is 1. The maximum absolute atomic E-state index is 14.3. The molecule has 1 amide bonds. The highest BCUT2D eigenvalue weighted by Gasteiger charge is 2.45. The minimum absolute atomic E-state index is 0.00388. The number of benzene rings is 2. The van der Waals surface area contributed by atoms with Crippen molar-refractivity contribution in [1.82, 2.24) is 14.7 Å². The fraction of sp³-hybridized carbons (Fsp3) is 0.414. The van der Waals surface area contributed by atoms with Gasteiger partial charge >= 0.3 is 0 Å². The van der Waals surface area contributed by atoms with Gasteiger partial charge in [0.05, 0.1) is 18.5 Å². The van der Waals surface area contributed by atoms with E-state index in [1.165, 1.54) is 16.8 Å². The molecule has 0 radical (unpaired) electrons. The Morgan fingerprint density at radius 3 is 2.45 bits per heavy atom. The standard InChI is InChI=1S/C29H31F2N3O4/c1-7-23(35)19-11-18(19)20-12-21-25(13-24(20)37-6)38-14-22-26(28(36)33(5)29(2,3)4)32-34(27(21)22)17-9-15(30)8-16(31)10-17/h8-10,12-13,18-19H,7,11,14H2,1-6H3/t18-,19-/m0/s1. The van der Waals surface area contributed by atoms with E-state index in [1.54, 1.807) is 25.1 Å². The van der Waals surface area contributed by atoms with Crippen LogP contribution in [0.4, 0.5) is 8.78 Å². The van der Waals surface area contributed by atoms with Crippen molar-refractivity contribution in [3.05, 3.63) is 58.8 Å². The lowest BCUT2D eigenvalue weighted by Crippen LogP contribution is -2.43. The van der Waals surface area contributed by atoms with E-state index in [1.807, 2.05) is 33.8 Å². The second-order valence-electron chi connectivity index (χ2n) is 10.9. The molecule has 7 nitrogen and oxygen atoms in total. The summed E-state index contributed by atoms with van der Waals surface area (Å²) in [7, 11) is 3.26. The Morgan fingerprint density at radius 1 is 1.16 bits per heavy atom. The fourth-order valence-electron chi connectivity index (χ4n) is 5.00. The van der Waals surface area contributed by atoms with Gasteiger partial charge in [0.1, 0.15) is 35.5 Å². The van der Waals surface area contributed by atoms with Crippen molar-refractivity contribution in [3.63, 3.8) is 0 Å². The molecule has 0 unspecified atom stereocenters. The van der Waals surface area contributed by atoms with Gasteiger partial charge in [-0.05, 0) is 56.9 Å². The first-order valence-electron chi connectivity index (χ1n) is 12.7. The SMILES string of the molecule is CCC(=O)[C@H]1C[C@@H]1c1cc2c(cc1OC)OCc1c(C(=O)N(C)C(C)(C)C)nn(-c3cc(F)cc(F)c3)c1-2. The molecule has 0 N–H and O–H groups in total. The van der Waals surface area contributed by atoms with Crippen LogP contribution in [-0.2, 0) is 11.4 Å². The molecule has 200 valence electrons. The van der Waals surface area contributed by atoms with Crippen LogP contribution in [0.2, 0.25) is 0 Å². The van der Waals surface area contributed by atoms with Gasteiger partial charge in [0.2, 0.25) is 0 Å². The number of fused-ring (bicyclic) bond motifs is 3. The molecular weight excluding hydrogens is 492 g/mol. The van der Waals surface area contributed by atoms with E-state index in [-0.39, 0.29) is 41.5 Å². The molecule has 1 fully saturated rings. The Hall–Kier alpha value is -3.75. The predicted molar refractivity (Wildman–Crippen MR) is 138 cm³/mol. The molecule has 0 saturated heterocycles. The number of amides is 1. The van der Waals surface area contributed by atoms with E-state index in [4.69, 9.17) is 9.47 Å². The third-order valence-corrected chi connectivity index (χ3v) is 7.50. The Bertz CT molecular complexity index is 1440. The van der Waals surface area contributed by atoms with Gasteiger partial charge in [-0.15, -0.1) is 0 Å². The van der Waals surface area contributed by atoms with Crippen LogP contribution in [0, 0.1) is 17.6 Å². The number of hydrogen-bond donors (Lipinski definition) is 0. The fourth-order valence-corrected chi connectivity index (χ4v) is 5.00. The summed E-state index contributed by atoms with van der Waals surface area (Å²) in [4.78, 5) is 27.5. The van der Waals surface area contributed by atoms with Crippen LogP contribution in [0.1, 0.15) is 68.1 Å². The van der Waals surface area contributed by atoms with Crippen LogP contribution in [0.25, 0.3) is 16.9 Å². The van der Waals surface area contributed by atoms with E-state index in [2.05, 4.69) is 5.10 Å². The molecule has 38 heavy (non-hydrogen) atoms. The first-order chi connectivity index (χ1) is 17.9. The van der Waals surface area contributed by atoms with Crippen LogP contribution >= 0.6 is 0 Å². The summed E-state index contributed by atoms with van der Waals surface area (Å²) in [6.07, 6.45) is 1.19. The number of hydrogen-bond acceptors (Lipinski definition) is 5. The van der Waals surface area contributed by atoms with Gasteiger partial charge in [-0.2, -0.15) is 5.10 Å². The number of methoxy groups -OCH3 is 1. The topological polar surface area (TPSA) is 73.7 Å². The first kappa shape index (κ1) is 25.9. The van der Waals surface area contributed by atoms with Crippen molar-refractivity contribution in [3.8, 4) is 28.4 Å². The van der Waals surface area contributed by atoms with E-state index in [9.17, 15) is 18.4 Å². The maximum atomic E-state index is 14.3. The molecule has 2 atom stereocenters. The lowest BCUT2D eigenvalue weighted by molar-refractivity contribution is -0.120. The molecule has 3 aromatic rings. The zero-order valence-electron chi connectivity index (χ0n) is 22.4. The Balaban J connectivity index is 1.73. The van der Waals surface area contributed by atoms with Crippen LogP contribution in [0.5, 0.6) is 11.5 Å². The Labute approximate surface area is 220 Å². The molecular formula is C29H31F2N3O4. The summed E-state index contributed by atoms with van der Waals surface area (Å²) in [6.45, 7) is 7.62. The summed E-state index contributed by atoms with van der Waals surface area (Å²) in [5.74, 6) is -0.615. The molecule has 2 aliphatic rings. The van der Waals surface area contributed by atoms with Gasteiger partial charge < -0.3 is 14.4 Å². The van der Waals surface area contributed by atoms with Crippen LogP contribution < -0.4 is 9.47 Å². The molecule has 0 bridgehead atoms. The molecule has 1 aromatic heterocycles. The summed E-state index contributed by atoms with van der Waals surface area (Å²) in [6, 6.07) is 6.81. The predicted octanol–water partition coefficient (Wildman–Crippen LogP) is 5.67. The third-order valence-electron chi connectivity index (χ3n) is 7.50. The monoisotopic (exact) mass is 523 g/mol. The highest BCUT2D eigenvalue weighted by Crippen LogP contribution is 2.54. The minimum Gasteiger partial charge on any atom is -0.496 e. The number of ketones is 1. The molecule has 1 aliphatic heterocycles. The van der Waals surface area contributed by atoms with Gasteiger partial charge in [0.25, 0.3) is 5.91 Å². The van der Waals surface area contributed by atoms with Crippen molar-refractivity contribution in [2.24, 2.45) is 5.92 Å². The number of ether oxygens (including phenoxy) is 2. The number of carbonyl (C=O) groups excluding carboxylic acids is 2. The van der Waals surface area contributed by atoms with Crippen molar-refractivity contribution >= 4 is 11.7 Å². The van der Waals surface area contributed by atoms with Crippen molar-refractivity contribution in [2.75, 3.05) is 14.2 Å². The van der Waals surface area contributed by atoms with E-state index in [0.29, 0.717) is 34.7 Å². The lowest BCUT2D eigenvalue weighted by atomic mass is 9.96. The molecule has 2 heterocycles. The van der Waals surface area contributed by atoms with Gasteiger partial charge in [0.15, 0.2) is 5.69 Å². The maximum Gasteiger partial charge on any atom is 0.274 e. The normalized spacial score (nSPS) is 17.8. The van der Waals surface area contributed by atoms with Gasteiger partial charge in [-0.1, -0.05) is 6.92 Å². The third kappa shape index (κ3) is 4.33. The molecule has 5 rings (SSSR count). The Morgan fingerprint density at radius 2 is 1.84 bits per heavy atom. The smallest absolute Gasteiger partial charge is 0.274 e. The average molecular weight is 524 g/mol. The van der Waals surface area contributed by atoms with Gasteiger partial charge in [-0.25, -0.2) is 13.5 Å². The van der Waals surface area contributed by atoms with Gasteiger partial charge in [0, 0.05) is 48.2 Å². The second-order valence-corrected chi connectivity index (χ2v) is 10.9. The van der Waals surface area contributed by atoms with Crippen LogP contribution in [-0.4, -0.2) is 46.1 Å². The van der Waals surface area contributed by atoms with Crippen molar-refractivity contribution in [2.45, 2.75) is 58.6 Å². The Kier molecular flexibility index (Phi) is 6.28. The zero-order valence-corrected chi connectivity index (χ0v) is 22.4. The van der Waals surface area contributed by atoms with Crippen LogP contribution in [0.3, 0.4) is 0 Å². The summed E-state index contributed by atoms with van der Waals surface area (Å²) >= 11 is 0. The molecule has 2 aromatic carbocycles. The van der Waals surface area contributed by atoms with Crippen molar-refractivity contribution < 1.29 is 27.8 Å². The number of halogens is 2. The highest BCUT2D eigenvalue weighted by atomic mass is 19.1. The number of carbonyl (C=O) groups is 2. The number of aromatic nitrogens is 2. The van der Waals surface area contributed by atoms with Gasteiger partial charge in [-0.3, -0.25) is 9.59 Å². The average Bonchev–Trinajstić information content (AvgIpc) is 3.57. The minimum atomic E-state index is -0.759. The molecule has 1 aliphatic carbocycles. The molecule has 1 saturated carbocycles. The summed E-state index contributed by atoms with van der Waals surface area (Å²) < 4.78 is 41.7. The number of rotatable bonds is 6. The van der Waals surface area contributed by atoms with E-state index >= 15 is 0 Å². The quantitative estimate of drug-likeness (QED) is 0.416. The number of nitrogens with zero attached hydrogens (tertiary/aromatic N) is 3.